The Labute approximate surface area is 173 Å². The van der Waals surface area contributed by atoms with Gasteiger partial charge in [0, 0.05) is 32.3 Å². The molecule has 3 heterocycles. The first-order valence-corrected chi connectivity index (χ1v) is 9.78. The molecule has 29 heavy (non-hydrogen) atoms. The predicted molar refractivity (Wildman–Crippen MR) is 114 cm³/mol. The van der Waals surface area contributed by atoms with Crippen LogP contribution in [0.25, 0.3) is 28.6 Å². The summed E-state index contributed by atoms with van der Waals surface area (Å²) >= 11 is 5.28. The monoisotopic (exact) mass is 408 g/mol. The fraction of sp³-hybridized carbons (Fsp3) is 0.238. The molecule has 1 aliphatic rings. The van der Waals surface area contributed by atoms with Crippen molar-refractivity contribution in [1.29, 1.82) is 0 Å². The number of benzene rings is 1. The van der Waals surface area contributed by atoms with Crippen LogP contribution in [0.3, 0.4) is 0 Å². The number of rotatable bonds is 4. The van der Waals surface area contributed by atoms with Crippen LogP contribution in [-0.2, 0) is 16.6 Å². The van der Waals surface area contributed by atoms with Crippen LogP contribution in [0.15, 0.2) is 46.4 Å². The second-order valence-electron chi connectivity index (χ2n) is 6.63. The molecule has 2 amide bonds. The molecule has 4 rings (SSSR count). The van der Waals surface area contributed by atoms with Crippen LogP contribution in [0.5, 0.6) is 0 Å². The number of carbonyl (C=O) groups excluding carboxylic acids is 2. The highest BCUT2D eigenvalue weighted by Gasteiger charge is 2.38. The molecule has 3 aromatic rings. The van der Waals surface area contributed by atoms with Gasteiger partial charge in [-0.05, 0) is 31.6 Å². The van der Waals surface area contributed by atoms with Gasteiger partial charge in [0.05, 0.1) is 5.69 Å². The van der Waals surface area contributed by atoms with Crippen LogP contribution in [0, 0.1) is 0 Å². The number of hydrogen-bond acceptors (Lipinski definition) is 5. The average molecular weight is 408 g/mol. The van der Waals surface area contributed by atoms with Gasteiger partial charge < -0.3 is 8.98 Å². The van der Waals surface area contributed by atoms with Gasteiger partial charge >= 0.3 is 0 Å². The summed E-state index contributed by atoms with van der Waals surface area (Å²) in [5, 5.41) is 0.229. The van der Waals surface area contributed by atoms with Gasteiger partial charge in [-0.2, -0.15) is 4.98 Å². The van der Waals surface area contributed by atoms with Crippen molar-refractivity contribution in [3.05, 3.63) is 47.9 Å². The Morgan fingerprint density at radius 2 is 1.69 bits per heavy atom. The van der Waals surface area contributed by atoms with E-state index in [1.807, 2.05) is 61.9 Å². The zero-order valence-electron chi connectivity index (χ0n) is 16.4. The largest absolute Gasteiger partial charge is 0.435 e. The number of fused-ring (bicyclic) bond motifs is 1. The number of aromatic nitrogens is 2. The molecule has 1 aliphatic heterocycles. The second kappa shape index (κ2) is 7.29. The number of amides is 2. The molecular weight excluding hydrogens is 388 g/mol. The Balaban J connectivity index is 1.75. The van der Waals surface area contributed by atoms with Crippen molar-refractivity contribution in [3.63, 3.8) is 0 Å². The van der Waals surface area contributed by atoms with Crippen LogP contribution < -0.4 is 0 Å². The van der Waals surface area contributed by atoms with E-state index in [-0.39, 0.29) is 16.6 Å². The average Bonchev–Trinajstić information content (AvgIpc) is 3.25. The van der Waals surface area contributed by atoms with E-state index in [2.05, 4.69) is 4.98 Å². The van der Waals surface area contributed by atoms with E-state index in [1.165, 1.54) is 15.9 Å². The third-order valence-corrected chi connectivity index (χ3v) is 5.42. The van der Waals surface area contributed by atoms with Crippen LogP contribution in [0.2, 0.25) is 0 Å². The van der Waals surface area contributed by atoms with Gasteiger partial charge in [0.1, 0.15) is 5.57 Å². The third kappa shape index (κ3) is 3.05. The van der Waals surface area contributed by atoms with Crippen molar-refractivity contribution >= 4 is 46.5 Å². The van der Waals surface area contributed by atoms with E-state index < -0.39 is 11.8 Å². The maximum atomic E-state index is 12.8. The number of likely N-dealkylation sites (N-methyl/N-ethyl adjacent to an activating group) is 2. The molecule has 0 aliphatic carbocycles. The minimum absolute atomic E-state index is 0.00265. The summed E-state index contributed by atoms with van der Waals surface area (Å²) in [7, 11) is 1.90. The first-order valence-electron chi connectivity index (χ1n) is 9.37. The Kier molecular flexibility index (Phi) is 4.79. The van der Waals surface area contributed by atoms with Gasteiger partial charge in [0.25, 0.3) is 11.8 Å². The summed E-state index contributed by atoms with van der Waals surface area (Å²) in [6.07, 6.45) is 1.40. The highest BCUT2D eigenvalue weighted by atomic mass is 32.1. The lowest BCUT2D eigenvalue weighted by atomic mass is 10.1. The fourth-order valence-corrected chi connectivity index (χ4v) is 3.89. The Morgan fingerprint density at radius 1 is 1.07 bits per heavy atom. The number of hydrogen-bond donors (Lipinski definition) is 0. The molecule has 0 saturated carbocycles. The fourth-order valence-electron chi connectivity index (χ4n) is 3.46. The second-order valence-corrected chi connectivity index (χ2v) is 7.00. The molecule has 0 atom stereocenters. The van der Waals surface area contributed by atoms with Crippen LogP contribution in [0.4, 0.5) is 0 Å². The zero-order chi connectivity index (χ0) is 20.7. The van der Waals surface area contributed by atoms with Gasteiger partial charge in [-0.15, -0.1) is 0 Å². The maximum Gasteiger partial charge on any atom is 0.265 e. The summed E-state index contributed by atoms with van der Waals surface area (Å²) in [6.45, 7) is 4.39. The van der Waals surface area contributed by atoms with Gasteiger partial charge in [-0.3, -0.25) is 19.4 Å². The maximum absolute atomic E-state index is 12.8. The van der Waals surface area contributed by atoms with E-state index in [4.69, 9.17) is 16.6 Å². The molecule has 1 fully saturated rings. The van der Waals surface area contributed by atoms with E-state index >= 15 is 0 Å². The Hall–Kier alpha value is -3.26. The highest BCUT2D eigenvalue weighted by molar-refractivity contribution is 7.80. The summed E-state index contributed by atoms with van der Waals surface area (Å²) in [5.74, 6) is -0.652. The third-order valence-electron chi connectivity index (χ3n) is 4.98. The molecule has 1 aromatic carbocycles. The molecule has 8 heteroatoms. The van der Waals surface area contributed by atoms with Crippen molar-refractivity contribution in [2.45, 2.75) is 13.8 Å². The number of thiocarbonyl (C=S) groups is 1. The van der Waals surface area contributed by atoms with E-state index in [1.54, 1.807) is 0 Å². The zero-order valence-corrected chi connectivity index (χ0v) is 17.2. The van der Waals surface area contributed by atoms with E-state index in [0.29, 0.717) is 24.3 Å². The standard InChI is InChI=1S/C21H20N4O3S/c1-4-24-19(26)14(20(27)25(5-2)21(24)29)11-17-22-18-16(28-17)12-15(23(18)3)13-9-7-6-8-10-13/h6-12H,4-5H2,1-3H3. The Morgan fingerprint density at radius 3 is 2.24 bits per heavy atom. The van der Waals surface area contributed by atoms with E-state index in [0.717, 1.165) is 11.3 Å². The molecule has 0 N–H and O–H groups in total. The lowest BCUT2D eigenvalue weighted by Gasteiger charge is -2.35. The summed E-state index contributed by atoms with van der Waals surface area (Å²) in [4.78, 5) is 32.8. The molecule has 0 unspecified atom stereocenters. The van der Waals surface area contributed by atoms with E-state index in [9.17, 15) is 9.59 Å². The van der Waals surface area contributed by atoms with Crippen molar-refractivity contribution < 1.29 is 14.0 Å². The smallest absolute Gasteiger partial charge is 0.265 e. The first kappa shape index (κ1) is 19.1. The van der Waals surface area contributed by atoms with Crippen molar-refractivity contribution in [1.82, 2.24) is 19.4 Å². The molecule has 1 saturated heterocycles. The van der Waals surface area contributed by atoms with Gasteiger partial charge in [0.15, 0.2) is 16.3 Å². The first-order chi connectivity index (χ1) is 14.0. The van der Waals surface area contributed by atoms with Crippen LogP contribution in [-0.4, -0.2) is 49.4 Å². The van der Waals surface area contributed by atoms with Gasteiger partial charge in [0.2, 0.25) is 5.89 Å². The Bertz CT molecular complexity index is 1130. The lowest BCUT2D eigenvalue weighted by molar-refractivity contribution is -0.133. The van der Waals surface area contributed by atoms with Crippen LogP contribution >= 0.6 is 12.2 Å². The van der Waals surface area contributed by atoms with Gasteiger partial charge in [-0.25, -0.2) is 0 Å². The summed E-state index contributed by atoms with van der Waals surface area (Å²) < 4.78 is 7.76. The molecule has 0 radical (unpaired) electrons. The highest BCUT2D eigenvalue weighted by Crippen LogP contribution is 2.28. The normalized spacial score (nSPS) is 15.0. The number of carbonyl (C=O) groups is 2. The minimum atomic E-state index is -0.431. The molecular formula is C21H20N4O3S. The SMILES string of the molecule is CCN1C(=O)C(=Cc2nc3c(cc(-c4ccccc4)n3C)o2)C(=O)N(CC)C1=S. The number of nitrogens with zero attached hydrogens (tertiary/aromatic N) is 4. The minimum Gasteiger partial charge on any atom is -0.435 e. The number of oxazole rings is 1. The topological polar surface area (TPSA) is 71.6 Å². The molecule has 0 spiro atoms. The molecule has 7 nitrogen and oxygen atoms in total. The van der Waals surface area contributed by atoms with Gasteiger partial charge in [-0.1, -0.05) is 30.3 Å². The lowest BCUT2D eigenvalue weighted by Crippen LogP contribution is -2.55. The number of aryl methyl sites for hydroxylation is 1. The van der Waals surface area contributed by atoms with Crippen molar-refractivity contribution in [3.8, 4) is 11.3 Å². The van der Waals surface area contributed by atoms with Crippen LogP contribution in [0.1, 0.15) is 19.7 Å². The quantitative estimate of drug-likeness (QED) is 0.377. The van der Waals surface area contributed by atoms with Crippen molar-refractivity contribution in [2.24, 2.45) is 7.05 Å². The van der Waals surface area contributed by atoms with Crippen molar-refractivity contribution in [2.75, 3.05) is 13.1 Å². The molecule has 2 aromatic heterocycles. The predicted octanol–water partition coefficient (Wildman–Crippen LogP) is 3.21. The molecule has 0 bridgehead atoms. The summed E-state index contributed by atoms with van der Waals surface area (Å²) in [6, 6.07) is 11.8. The molecule has 148 valence electrons. The summed E-state index contributed by atoms with van der Waals surface area (Å²) in [5.41, 5.74) is 3.24.